The number of benzene rings is 2. The minimum absolute atomic E-state index is 0.305. The average Bonchev–Trinajstić information content (AvgIpc) is 2.47. The number of carbonyl (C=O) groups is 1. The van der Waals surface area contributed by atoms with E-state index in [2.05, 4.69) is 24.8 Å². The summed E-state index contributed by atoms with van der Waals surface area (Å²) in [5.74, 6) is 0. The largest absolute Gasteiger partial charge is 0.450 e. The van der Waals surface area contributed by atoms with Gasteiger partial charge in [0.05, 0.1) is 6.61 Å². The number of amides is 1. The summed E-state index contributed by atoms with van der Waals surface area (Å²) in [6.07, 6.45) is 1.41. The predicted octanol–water partition coefficient (Wildman–Crippen LogP) is 3.98. The summed E-state index contributed by atoms with van der Waals surface area (Å²) in [5, 5.41) is 2.33. The Balaban J connectivity index is 2.28. The van der Waals surface area contributed by atoms with Crippen LogP contribution >= 0.6 is 0 Å². The molecule has 0 aromatic heterocycles. The molecule has 0 bridgehead atoms. The van der Waals surface area contributed by atoms with Crippen molar-refractivity contribution in [3.05, 3.63) is 60.7 Å². The molecule has 0 saturated carbocycles. The summed E-state index contributed by atoms with van der Waals surface area (Å²) in [5.41, 5.74) is 1.11. The van der Waals surface area contributed by atoms with Gasteiger partial charge in [-0.1, -0.05) is 48.5 Å². The zero-order valence-corrected chi connectivity index (χ0v) is 11.7. The molecule has 1 amide bonds. The number of hydrogen-bond donors (Lipinski definition) is 0. The fraction of sp³-hybridized carbons (Fsp3) is 0.235. The standard InChI is InChI=1S/C17H19NO2/c1-3-12-18(17(19)20-4-2)13-15-10-7-9-14-8-5-6-11-16(14)15/h3,5-11H,1,4,12-13H2,2H3. The van der Waals surface area contributed by atoms with Gasteiger partial charge in [-0.15, -0.1) is 6.58 Å². The van der Waals surface area contributed by atoms with Gasteiger partial charge in [0.25, 0.3) is 0 Å². The molecule has 104 valence electrons. The molecule has 0 fully saturated rings. The van der Waals surface area contributed by atoms with Gasteiger partial charge < -0.3 is 9.64 Å². The van der Waals surface area contributed by atoms with Gasteiger partial charge in [-0.25, -0.2) is 4.79 Å². The van der Waals surface area contributed by atoms with Crippen molar-refractivity contribution in [1.29, 1.82) is 0 Å². The Morgan fingerprint density at radius 3 is 2.75 bits per heavy atom. The van der Waals surface area contributed by atoms with E-state index in [1.807, 2.05) is 31.2 Å². The van der Waals surface area contributed by atoms with Crippen molar-refractivity contribution in [2.24, 2.45) is 0 Å². The molecule has 0 heterocycles. The topological polar surface area (TPSA) is 29.5 Å². The van der Waals surface area contributed by atoms with Gasteiger partial charge in [-0.05, 0) is 23.3 Å². The lowest BCUT2D eigenvalue weighted by atomic mass is 10.0. The number of rotatable bonds is 5. The average molecular weight is 269 g/mol. The monoisotopic (exact) mass is 269 g/mol. The molecule has 0 aliphatic heterocycles. The Labute approximate surface area is 119 Å². The van der Waals surface area contributed by atoms with E-state index in [0.717, 1.165) is 10.9 Å². The van der Waals surface area contributed by atoms with Gasteiger partial charge in [0.1, 0.15) is 0 Å². The molecule has 3 nitrogen and oxygen atoms in total. The lowest BCUT2D eigenvalue weighted by Gasteiger charge is -2.21. The molecule has 0 saturated heterocycles. The van der Waals surface area contributed by atoms with Gasteiger partial charge in [-0.3, -0.25) is 0 Å². The Kier molecular flexibility index (Phi) is 4.77. The minimum atomic E-state index is -0.305. The van der Waals surface area contributed by atoms with E-state index in [4.69, 9.17) is 4.74 Å². The quantitative estimate of drug-likeness (QED) is 0.768. The van der Waals surface area contributed by atoms with Crippen molar-refractivity contribution in [1.82, 2.24) is 4.90 Å². The van der Waals surface area contributed by atoms with Crippen molar-refractivity contribution >= 4 is 16.9 Å². The molecule has 0 atom stereocenters. The van der Waals surface area contributed by atoms with Crippen LogP contribution in [-0.4, -0.2) is 24.1 Å². The first-order chi connectivity index (χ1) is 9.76. The number of ether oxygens (including phenoxy) is 1. The van der Waals surface area contributed by atoms with Crippen molar-refractivity contribution in [3.8, 4) is 0 Å². The highest BCUT2D eigenvalue weighted by molar-refractivity contribution is 5.85. The highest BCUT2D eigenvalue weighted by Gasteiger charge is 2.14. The van der Waals surface area contributed by atoms with Crippen molar-refractivity contribution in [3.63, 3.8) is 0 Å². The van der Waals surface area contributed by atoms with Crippen LogP contribution in [0, 0.1) is 0 Å². The number of carbonyl (C=O) groups excluding carboxylic acids is 1. The van der Waals surface area contributed by atoms with Crippen LogP contribution in [0.2, 0.25) is 0 Å². The van der Waals surface area contributed by atoms with Crippen LogP contribution in [0.25, 0.3) is 10.8 Å². The van der Waals surface area contributed by atoms with Crippen LogP contribution in [0.4, 0.5) is 4.79 Å². The first kappa shape index (κ1) is 14.1. The van der Waals surface area contributed by atoms with Crippen molar-refractivity contribution < 1.29 is 9.53 Å². The Bertz CT molecular complexity index is 601. The van der Waals surface area contributed by atoms with Crippen LogP contribution in [0.3, 0.4) is 0 Å². The van der Waals surface area contributed by atoms with Crippen LogP contribution in [0.15, 0.2) is 55.1 Å². The van der Waals surface area contributed by atoms with Gasteiger partial charge in [0.2, 0.25) is 0 Å². The third kappa shape index (κ3) is 3.18. The van der Waals surface area contributed by atoms with Crippen molar-refractivity contribution in [2.75, 3.05) is 13.2 Å². The number of fused-ring (bicyclic) bond motifs is 1. The summed E-state index contributed by atoms with van der Waals surface area (Å²) in [6.45, 7) is 6.88. The predicted molar refractivity (Wildman–Crippen MR) is 81.6 cm³/mol. The lowest BCUT2D eigenvalue weighted by molar-refractivity contribution is 0.109. The second-order valence-corrected chi connectivity index (χ2v) is 4.51. The van der Waals surface area contributed by atoms with Crippen LogP contribution in [-0.2, 0) is 11.3 Å². The van der Waals surface area contributed by atoms with E-state index in [1.165, 1.54) is 5.39 Å². The van der Waals surface area contributed by atoms with E-state index in [1.54, 1.807) is 11.0 Å². The summed E-state index contributed by atoms with van der Waals surface area (Å²) >= 11 is 0. The molecule has 3 heteroatoms. The van der Waals surface area contributed by atoms with Gasteiger partial charge in [-0.2, -0.15) is 0 Å². The number of nitrogens with zero attached hydrogens (tertiary/aromatic N) is 1. The highest BCUT2D eigenvalue weighted by Crippen LogP contribution is 2.20. The zero-order valence-electron chi connectivity index (χ0n) is 11.7. The SMILES string of the molecule is C=CCN(Cc1cccc2ccccc12)C(=O)OCC. The molecular formula is C17H19NO2. The zero-order chi connectivity index (χ0) is 14.4. The summed E-state index contributed by atoms with van der Waals surface area (Å²) in [7, 11) is 0. The Hall–Kier alpha value is -2.29. The van der Waals surface area contributed by atoms with E-state index in [9.17, 15) is 4.79 Å². The first-order valence-corrected chi connectivity index (χ1v) is 6.75. The van der Waals surface area contributed by atoms with Gasteiger partial charge >= 0.3 is 6.09 Å². The van der Waals surface area contributed by atoms with Crippen LogP contribution in [0.1, 0.15) is 12.5 Å². The molecule has 2 aromatic carbocycles. The molecule has 2 rings (SSSR count). The maximum atomic E-state index is 11.9. The summed E-state index contributed by atoms with van der Waals surface area (Å²) in [6, 6.07) is 14.3. The van der Waals surface area contributed by atoms with Gasteiger partial charge in [0.15, 0.2) is 0 Å². The van der Waals surface area contributed by atoms with Crippen LogP contribution in [0.5, 0.6) is 0 Å². The molecule has 0 aliphatic rings. The summed E-state index contributed by atoms with van der Waals surface area (Å²) < 4.78 is 5.08. The molecule has 20 heavy (non-hydrogen) atoms. The third-order valence-corrected chi connectivity index (χ3v) is 3.12. The van der Waals surface area contributed by atoms with E-state index < -0.39 is 0 Å². The molecular weight excluding hydrogens is 250 g/mol. The molecule has 0 spiro atoms. The highest BCUT2D eigenvalue weighted by atomic mass is 16.6. The minimum Gasteiger partial charge on any atom is -0.450 e. The normalized spacial score (nSPS) is 10.2. The second-order valence-electron chi connectivity index (χ2n) is 4.51. The molecule has 0 N–H and O–H groups in total. The van der Waals surface area contributed by atoms with Crippen molar-refractivity contribution in [2.45, 2.75) is 13.5 Å². The van der Waals surface area contributed by atoms with E-state index in [0.29, 0.717) is 19.7 Å². The second kappa shape index (κ2) is 6.75. The van der Waals surface area contributed by atoms with Crippen LogP contribution < -0.4 is 0 Å². The van der Waals surface area contributed by atoms with E-state index in [-0.39, 0.29) is 6.09 Å². The maximum absolute atomic E-state index is 11.9. The number of hydrogen-bond acceptors (Lipinski definition) is 2. The lowest BCUT2D eigenvalue weighted by Crippen LogP contribution is -2.31. The summed E-state index contributed by atoms with van der Waals surface area (Å²) in [4.78, 5) is 13.6. The Morgan fingerprint density at radius 1 is 1.25 bits per heavy atom. The molecule has 0 radical (unpaired) electrons. The molecule has 0 aliphatic carbocycles. The molecule has 2 aromatic rings. The molecule has 0 unspecified atom stereocenters. The first-order valence-electron chi connectivity index (χ1n) is 6.75. The van der Waals surface area contributed by atoms with E-state index >= 15 is 0 Å². The maximum Gasteiger partial charge on any atom is 0.410 e. The van der Waals surface area contributed by atoms with Gasteiger partial charge in [0, 0.05) is 13.1 Å². The fourth-order valence-electron chi connectivity index (χ4n) is 2.21. The third-order valence-electron chi connectivity index (χ3n) is 3.12. The fourth-order valence-corrected chi connectivity index (χ4v) is 2.21. The Morgan fingerprint density at radius 2 is 2.00 bits per heavy atom. The smallest absolute Gasteiger partial charge is 0.410 e.